The second kappa shape index (κ2) is 6.43. The van der Waals surface area contributed by atoms with E-state index in [-0.39, 0.29) is 5.91 Å². The predicted molar refractivity (Wildman–Crippen MR) is 70.4 cm³/mol. The summed E-state index contributed by atoms with van der Waals surface area (Å²) in [6, 6.07) is 5.16. The van der Waals surface area contributed by atoms with Gasteiger partial charge in [0.15, 0.2) is 11.5 Å². The fourth-order valence-corrected chi connectivity index (χ4v) is 1.98. The van der Waals surface area contributed by atoms with Crippen molar-refractivity contribution in [2.45, 2.75) is 19.8 Å². The van der Waals surface area contributed by atoms with Crippen LogP contribution in [0.15, 0.2) is 18.2 Å². The molecule has 0 spiro atoms. The summed E-state index contributed by atoms with van der Waals surface area (Å²) in [5.41, 5.74) is 0.547. The average Bonchev–Trinajstić information content (AvgIpc) is 2.47. The summed E-state index contributed by atoms with van der Waals surface area (Å²) in [5.74, 6) is 1.06. The minimum absolute atomic E-state index is 0.136. The van der Waals surface area contributed by atoms with Gasteiger partial charge in [0.25, 0.3) is 5.91 Å². The molecule has 0 radical (unpaired) electrons. The van der Waals surface area contributed by atoms with Gasteiger partial charge in [-0.15, -0.1) is 0 Å². The third-order valence-corrected chi connectivity index (χ3v) is 2.94. The molecular weight excluding hydrogens is 246 g/mol. The molecule has 1 fully saturated rings. The number of nitrogens with zero attached hydrogens (tertiary/aromatic N) is 1. The summed E-state index contributed by atoms with van der Waals surface area (Å²) in [5, 5.41) is 1.42. The summed E-state index contributed by atoms with van der Waals surface area (Å²) in [4.78, 5) is 17.6. The third-order valence-electron chi connectivity index (χ3n) is 2.94. The van der Waals surface area contributed by atoms with Crippen molar-refractivity contribution in [3.05, 3.63) is 23.8 Å². The summed E-state index contributed by atoms with van der Waals surface area (Å²) < 4.78 is 10.7. The van der Waals surface area contributed by atoms with Crippen LogP contribution in [0.3, 0.4) is 0 Å². The van der Waals surface area contributed by atoms with Crippen molar-refractivity contribution in [3.8, 4) is 11.5 Å². The molecule has 0 unspecified atom stereocenters. The molecule has 1 aliphatic rings. The lowest BCUT2D eigenvalue weighted by Gasteiger charge is -2.26. The van der Waals surface area contributed by atoms with Crippen LogP contribution in [0.25, 0.3) is 0 Å². The molecule has 2 rings (SSSR count). The number of methoxy groups -OCH3 is 1. The molecule has 1 heterocycles. The van der Waals surface area contributed by atoms with E-state index in [0.29, 0.717) is 36.8 Å². The number of carbonyl (C=O) groups excluding carboxylic acids is 1. The Bertz CT molecular complexity index is 441. The van der Waals surface area contributed by atoms with Gasteiger partial charge in [0.05, 0.1) is 20.3 Å². The second-order valence-corrected chi connectivity index (χ2v) is 4.25. The van der Waals surface area contributed by atoms with E-state index < -0.39 is 0 Å². The molecule has 0 aliphatic carbocycles. The first-order valence-corrected chi connectivity index (χ1v) is 6.52. The molecule has 1 aromatic carbocycles. The van der Waals surface area contributed by atoms with E-state index in [4.69, 9.17) is 14.3 Å². The van der Waals surface area contributed by atoms with Crippen molar-refractivity contribution >= 4 is 5.91 Å². The van der Waals surface area contributed by atoms with Gasteiger partial charge in [-0.25, -0.2) is 5.06 Å². The fraction of sp³-hybridized carbons (Fsp3) is 0.500. The molecule has 104 valence electrons. The first-order valence-electron chi connectivity index (χ1n) is 6.52. The Kier molecular flexibility index (Phi) is 4.63. The quantitative estimate of drug-likeness (QED) is 0.838. The van der Waals surface area contributed by atoms with E-state index in [2.05, 4.69) is 0 Å². The highest BCUT2D eigenvalue weighted by molar-refractivity contribution is 5.94. The van der Waals surface area contributed by atoms with Crippen molar-refractivity contribution in [3.63, 3.8) is 0 Å². The Morgan fingerprint density at radius 2 is 2.21 bits per heavy atom. The fourth-order valence-electron chi connectivity index (χ4n) is 1.98. The lowest BCUT2D eigenvalue weighted by molar-refractivity contribution is -0.144. The summed E-state index contributed by atoms with van der Waals surface area (Å²) >= 11 is 0. The number of benzene rings is 1. The van der Waals surface area contributed by atoms with E-state index in [9.17, 15) is 4.79 Å². The van der Waals surface area contributed by atoms with E-state index in [1.54, 1.807) is 25.3 Å². The van der Waals surface area contributed by atoms with Crippen LogP contribution in [0.2, 0.25) is 0 Å². The number of rotatable bonds is 4. The van der Waals surface area contributed by atoms with Crippen LogP contribution in [0, 0.1) is 0 Å². The van der Waals surface area contributed by atoms with Crippen molar-refractivity contribution in [1.29, 1.82) is 0 Å². The molecule has 0 bridgehead atoms. The summed E-state index contributed by atoms with van der Waals surface area (Å²) in [7, 11) is 1.58. The minimum Gasteiger partial charge on any atom is -0.493 e. The number of hydroxylamine groups is 2. The van der Waals surface area contributed by atoms with Crippen molar-refractivity contribution in [2.75, 3.05) is 26.9 Å². The van der Waals surface area contributed by atoms with Crippen LogP contribution in [0.1, 0.15) is 30.1 Å². The molecule has 19 heavy (non-hydrogen) atoms. The number of hydrogen-bond acceptors (Lipinski definition) is 4. The molecule has 1 aliphatic heterocycles. The van der Waals surface area contributed by atoms with Crippen LogP contribution in [0.4, 0.5) is 0 Å². The van der Waals surface area contributed by atoms with Gasteiger partial charge in [-0.1, -0.05) is 0 Å². The van der Waals surface area contributed by atoms with Crippen molar-refractivity contribution in [1.82, 2.24) is 5.06 Å². The molecule has 5 nitrogen and oxygen atoms in total. The van der Waals surface area contributed by atoms with Crippen LogP contribution in [-0.4, -0.2) is 37.8 Å². The van der Waals surface area contributed by atoms with E-state index in [1.807, 2.05) is 6.92 Å². The molecule has 1 saturated heterocycles. The standard InChI is InChI=1S/C14H19NO4/c1-3-18-13-10-11(6-7-12(13)17-2)14(16)15-8-4-5-9-19-15/h6-7,10H,3-5,8-9H2,1-2H3. The number of hydrogen-bond donors (Lipinski definition) is 0. The van der Waals surface area contributed by atoms with Gasteiger partial charge in [0.1, 0.15) is 0 Å². The van der Waals surface area contributed by atoms with Crippen molar-refractivity contribution in [2.24, 2.45) is 0 Å². The first kappa shape index (κ1) is 13.7. The largest absolute Gasteiger partial charge is 0.493 e. The molecule has 1 amide bonds. The molecule has 0 atom stereocenters. The SMILES string of the molecule is CCOc1cc(C(=O)N2CCCCO2)ccc1OC. The molecule has 0 aromatic heterocycles. The topological polar surface area (TPSA) is 48.0 Å². The van der Waals surface area contributed by atoms with Gasteiger partial charge in [-0.05, 0) is 38.0 Å². The molecule has 5 heteroatoms. The zero-order valence-corrected chi connectivity index (χ0v) is 11.3. The lowest BCUT2D eigenvalue weighted by Crippen LogP contribution is -2.35. The van der Waals surface area contributed by atoms with Gasteiger partial charge in [-0.3, -0.25) is 9.63 Å². The third kappa shape index (κ3) is 3.17. The van der Waals surface area contributed by atoms with Gasteiger partial charge < -0.3 is 9.47 Å². The Hall–Kier alpha value is -1.75. The highest BCUT2D eigenvalue weighted by atomic mass is 16.7. The van der Waals surface area contributed by atoms with Crippen molar-refractivity contribution < 1.29 is 19.1 Å². The van der Waals surface area contributed by atoms with Crippen LogP contribution >= 0.6 is 0 Å². The number of amides is 1. The number of ether oxygens (including phenoxy) is 2. The second-order valence-electron chi connectivity index (χ2n) is 4.25. The van der Waals surface area contributed by atoms with Crippen LogP contribution in [-0.2, 0) is 4.84 Å². The molecule has 0 saturated carbocycles. The van der Waals surface area contributed by atoms with E-state index in [0.717, 1.165) is 12.8 Å². The van der Waals surface area contributed by atoms with Gasteiger partial charge >= 0.3 is 0 Å². The van der Waals surface area contributed by atoms with E-state index >= 15 is 0 Å². The highest BCUT2D eigenvalue weighted by Gasteiger charge is 2.20. The van der Waals surface area contributed by atoms with Gasteiger partial charge in [-0.2, -0.15) is 0 Å². The Labute approximate surface area is 113 Å². The van der Waals surface area contributed by atoms with Gasteiger partial charge in [0.2, 0.25) is 0 Å². The Morgan fingerprint density at radius 1 is 1.37 bits per heavy atom. The van der Waals surface area contributed by atoms with E-state index in [1.165, 1.54) is 5.06 Å². The Morgan fingerprint density at radius 3 is 2.84 bits per heavy atom. The number of carbonyl (C=O) groups is 1. The minimum atomic E-state index is -0.136. The molecule has 1 aromatic rings. The zero-order valence-electron chi connectivity index (χ0n) is 11.3. The summed E-state index contributed by atoms with van der Waals surface area (Å²) in [6.07, 6.45) is 1.97. The average molecular weight is 265 g/mol. The maximum atomic E-state index is 12.3. The van der Waals surface area contributed by atoms with Gasteiger partial charge in [0, 0.05) is 12.1 Å². The zero-order chi connectivity index (χ0) is 13.7. The highest BCUT2D eigenvalue weighted by Crippen LogP contribution is 2.28. The maximum absolute atomic E-state index is 12.3. The smallest absolute Gasteiger partial charge is 0.277 e. The lowest BCUT2D eigenvalue weighted by atomic mass is 10.1. The first-order chi connectivity index (χ1) is 9.26. The van der Waals surface area contributed by atoms with Crippen LogP contribution in [0.5, 0.6) is 11.5 Å². The molecule has 0 N–H and O–H groups in total. The summed E-state index contributed by atoms with van der Waals surface area (Å²) in [6.45, 7) is 3.64. The maximum Gasteiger partial charge on any atom is 0.277 e. The predicted octanol–water partition coefficient (Wildman–Crippen LogP) is 2.26. The monoisotopic (exact) mass is 265 g/mol. The Balaban J connectivity index is 2.19. The normalized spacial score (nSPS) is 15.2. The molecular formula is C14H19NO4. The van der Waals surface area contributed by atoms with Crippen LogP contribution < -0.4 is 9.47 Å².